The molecule has 0 amide bonds. The van der Waals surface area contributed by atoms with E-state index in [2.05, 4.69) is 15.0 Å². The largest absolute Gasteiger partial charge is 0.301 e. The molecule has 2 heterocycles. The van der Waals surface area contributed by atoms with Gasteiger partial charge in [0.1, 0.15) is 0 Å². The van der Waals surface area contributed by atoms with Crippen LogP contribution in [0.2, 0.25) is 0 Å². The molecule has 0 bridgehead atoms. The van der Waals surface area contributed by atoms with Crippen molar-refractivity contribution in [2.45, 2.75) is 17.8 Å². The fraction of sp³-hybridized carbons (Fsp3) is 0.182. The van der Waals surface area contributed by atoms with Crippen molar-refractivity contribution in [3.05, 3.63) is 51.7 Å². The van der Waals surface area contributed by atoms with Gasteiger partial charge in [-0.05, 0) is 6.92 Å². The number of thioether (sulfide) groups is 1. The zero-order valence-corrected chi connectivity index (χ0v) is 10.2. The van der Waals surface area contributed by atoms with Crippen LogP contribution in [-0.2, 0) is 5.75 Å². The monoisotopic (exact) mass is 269 g/mol. The van der Waals surface area contributed by atoms with Gasteiger partial charge in [0.05, 0.1) is 6.20 Å². The third-order valence-electron chi connectivity index (χ3n) is 2.12. The number of aromatic nitrogens is 3. The highest BCUT2D eigenvalue weighted by atomic mass is 32.2. The second kappa shape index (κ2) is 5.26. The number of aryl methyl sites for hydroxylation is 1. The second-order valence-corrected chi connectivity index (χ2v) is 4.54. The number of hydrogen-bond acceptors (Lipinski definition) is 4. The fourth-order valence-corrected chi connectivity index (χ4v) is 2.20. The molecule has 2 rings (SSSR count). The first-order valence-corrected chi connectivity index (χ1v) is 6.03. The van der Waals surface area contributed by atoms with Gasteiger partial charge in [-0.2, -0.15) is 0 Å². The molecule has 1 N–H and O–H groups in total. The molecule has 18 heavy (non-hydrogen) atoms. The van der Waals surface area contributed by atoms with Crippen molar-refractivity contribution < 1.29 is 8.78 Å². The SMILES string of the molecule is Cc1cc(=O)[nH]c(SCc2cncc(F)c2F)n1. The molecule has 0 aliphatic rings. The van der Waals surface area contributed by atoms with Crippen LogP contribution in [0.25, 0.3) is 0 Å². The van der Waals surface area contributed by atoms with Gasteiger partial charge in [0.25, 0.3) is 5.56 Å². The van der Waals surface area contributed by atoms with Gasteiger partial charge in [0, 0.05) is 29.3 Å². The van der Waals surface area contributed by atoms with Gasteiger partial charge < -0.3 is 4.98 Å². The summed E-state index contributed by atoms with van der Waals surface area (Å²) in [6, 6.07) is 1.36. The predicted octanol–water partition coefficient (Wildman–Crippen LogP) is 2.04. The highest BCUT2D eigenvalue weighted by Gasteiger charge is 2.09. The maximum absolute atomic E-state index is 13.3. The van der Waals surface area contributed by atoms with Gasteiger partial charge in [-0.25, -0.2) is 13.8 Å². The zero-order valence-electron chi connectivity index (χ0n) is 9.41. The Balaban J connectivity index is 2.16. The van der Waals surface area contributed by atoms with Crippen LogP contribution >= 0.6 is 11.8 Å². The molecule has 0 fully saturated rings. The lowest BCUT2D eigenvalue weighted by molar-refractivity contribution is 0.497. The molecular formula is C11H9F2N3OS. The van der Waals surface area contributed by atoms with Crippen LogP contribution in [0.5, 0.6) is 0 Å². The molecule has 0 aromatic carbocycles. The average Bonchev–Trinajstić information content (AvgIpc) is 2.30. The summed E-state index contributed by atoms with van der Waals surface area (Å²) in [5.74, 6) is -1.77. The Morgan fingerprint density at radius 2 is 2.17 bits per heavy atom. The molecule has 0 saturated heterocycles. The molecule has 0 spiro atoms. The Morgan fingerprint density at radius 1 is 1.39 bits per heavy atom. The maximum Gasteiger partial charge on any atom is 0.251 e. The minimum Gasteiger partial charge on any atom is -0.301 e. The smallest absolute Gasteiger partial charge is 0.251 e. The first-order valence-electron chi connectivity index (χ1n) is 5.05. The van der Waals surface area contributed by atoms with Crippen LogP contribution in [0, 0.1) is 18.6 Å². The van der Waals surface area contributed by atoms with Crippen LogP contribution in [0.15, 0.2) is 28.4 Å². The van der Waals surface area contributed by atoms with Crippen LogP contribution in [0.3, 0.4) is 0 Å². The number of nitrogens with zero attached hydrogens (tertiary/aromatic N) is 2. The van der Waals surface area contributed by atoms with Gasteiger partial charge in [-0.3, -0.25) is 9.78 Å². The van der Waals surface area contributed by atoms with E-state index in [1.165, 1.54) is 12.3 Å². The van der Waals surface area contributed by atoms with E-state index in [0.717, 1.165) is 18.0 Å². The lowest BCUT2D eigenvalue weighted by atomic mass is 10.3. The molecular weight excluding hydrogens is 260 g/mol. The summed E-state index contributed by atoms with van der Waals surface area (Å²) in [6.45, 7) is 1.68. The zero-order chi connectivity index (χ0) is 13.1. The topological polar surface area (TPSA) is 58.6 Å². The first kappa shape index (κ1) is 12.7. The Labute approximate surface area is 105 Å². The number of hydrogen-bond donors (Lipinski definition) is 1. The quantitative estimate of drug-likeness (QED) is 0.684. The lowest BCUT2D eigenvalue weighted by Gasteiger charge is -2.03. The van der Waals surface area contributed by atoms with Gasteiger partial charge in [0.15, 0.2) is 16.8 Å². The number of nitrogens with one attached hydrogen (secondary N) is 1. The van der Waals surface area contributed by atoms with Crippen LogP contribution < -0.4 is 5.56 Å². The maximum atomic E-state index is 13.3. The van der Waals surface area contributed by atoms with Crippen LogP contribution in [-0.4, -0.2) is 15.0 Å². The van der Waals surface area contributed by atoms with Crippen molar-refractivity contribution >= 4 is 11.8 Å². The molecule has 0 radical (unpaired) electrons. The second-order valence-electron chi connectivity index (χ2n) is 3.58. The summed E-state index contributed by atoms with van der Waals surface area (Å²) in [4.78, 5) is 21.3. The molecule has 2 aromatic rings. The Kier molecular flexibility index (Phi) is 3.71. The summed E-state index contributed by atoms with van der Waals surface area (Å²) in [6.07, 6.45) is 2.07. The lowest BCUT2D eigenvalue weighted by Crippen LogP contribution is -2.08. The van der Waals surface area contributed by atoms with Crippen molar-refractivity contribution in [3.8, 4) is 0 Å². The van der Waals surface area contributed by atoms with Crippen molar-refractivity contribution in [2.24, 2.45) is 0 Å². The first-order chi connectivity index (χ1) is 8.56. The predicted molar refractivity (Wildman–Crippen MR) is 63.3 cm³/mol. The highest BCUT2D eigenvalue weighted by molar-refractivity contribution is 7.98. The summed E-state index contributed by atoms with van der Waals surface area (Å²) in [5, 5.41) is 0.365. The Morgan fingerprint density at radius 3 is 2.89 bits per heavy atom. The number of rotatable bonds is 3. The van der Waals surface area contributed by atoms with E-state index >= 15 is 0 Å². The van der Waals surface area contributed by atoms with Crippen molar-refractivity contribution in [1.29, 1.82) is 0 Å². The standard InChI is InChI=1S/C11H9F2N3OS/c1-6-2-9(17)16-11(15-6)18-5-7-3-14-4-8(12)10(7)13/h2-4H,5H2,1H3,(H,15,16,17). The summed E-state index contributed by atoms with van der Waals surface area (Å²) >= 11 is 1.11. The van der Waals surface area contributed by atoms with E-state index in [4.69, 9.17) is 0 Å². The van der Waals surface area contributed by atoms with E-state index in [-0.39, 0.29) is 16.9 Å². The summed E-state index contributed by atoms with van der Waals surface area (Å²) in [7, 11) is 0. The van der Waals surface area contributed by atoms with E-state index in [1.54, 1.807) is 6.92 Å². The average molecular weight is 269 g/mol. The summed E-state index contributed by atoms with van der Waals surface area (Å²) < 4.78 is 26.3. The molecule has 0 unspecified atom stereocenters. The molecule has 0 aliphatic heterocycles. The minimum atomic E-state index is -0.987. The Hall–Kier alpha value is -1.76. The number of halogens is 2. The van der Waals surface area contributed by atoms with Gasteiger partial charge in [-0.15, -0.1) is 0 Å². The van der Waals surface area contributed by atoms with Gasteiger partial charge in [0.2, 0.25) is 0 Å². The van der Waals surface area contributed by atoms with E-state index in [0.29, 0.717) is 10.9 Å². The number of H-pyrrole nitrogens is 1. The highest BCUT2D eigenvalue weighted by Crippen LogP contribution is 2.20. The molecule has 4 nitrogen and oxygen atoms in total. The van der Waals surface area contributed by atoms with Crippen molar-refractivity contribution in [3.63, 3.8) is 0 Å². The third kappa shape index (κ3) is 2.92. The number of aromatic amines is 1. The number of pyridine rings is 1. The summed E-state index contributed by atoms with van der Waals surface area (Å²) in [5.41, 5.74) is 0.422. The third-order valence-corrected chi connectivity index (χ3v) is 3.04. The van der Waals surface area contributed by atoms with E-state index in [9.17, 15) is 13.6 Å². The molecule has 7 heteroatoms. The van der Waals surface area contributed by atoms with E-state index in [1.807, 2.05) is 0 Å². The molecule has 2 aromatic heterocycles. The molecule has 0 aliphatic carbocycles. The fourth-order valence-electron chi connectivity index (χ4n) is 1.33. The van der Waals surface area contributed by atoms with Gasteiger partial charge in [-0.1, -0.05) is 11.8 Å². The Bertz CT molecular complexity index is 630. The van der Waals surface area contributed by atoms with Crippen LogP contribution in [0.1, 0.15) is 11.3 Å². The van der Waals surface area contributed by atoms with Crippen molar-refractivity contribution in [1.82, 2.24) is 15.0 Å². The van der Waals surface area contributed by atoms with Crippen molar-refractivity contribution in [2.75, 3.05) is 0 Å². The minimum absolute atomic E-state index is 0.129. The van der Waals surface area contributed by atoms with Crippen LogP contribution in [0.4, 0.5) is 8.78 Å². The normalized spacial score (nSPS) is 10.6. The molecule has 94 valence electrons. The van der Waals surface area contributed by atoms with E-state index < -0.39 is 11.6 Å². The molecule has 0 atom stereocenters. The van der Waals surface area contributed by atoms with Gasteiger partial charge >= 0.3 is 0 Å². The molecule has 0 saturated carbocycles.